The second-order valence-corrected chi connectivity index (χ2v) is 4.29. The molecule has 0 bridgehead atoms. The maximum Gasteiger partial charge on any atom is 0.322 e. The highest BCUT2D eigenvalue weighted by Gasteiger charge is 1.99. The lowest BCUT2D eigenvalue weighted by molar-refractivity contribution is 0.615. The lowest BCUT2D eigenvalue weighted by Gasteiger charge is -2.05. The minimum atomic E-state index is 0.839. The molecule has 0 saturated heterocycles. The Balaban J connectivity index is 2.30. The van der Waals surface area contributed by atoms with Gasteiger partial charge in [-0.2, -0.15) is 0 Å². The van der Waals surface area contributed by atoms with Gasteiger partial charge in [0.1, 0.15) is 5.75 Å². The smallest absolute Gasteiger partial charge is 0.322 e. The first-order valence-corrected chi connectivity index (χ1v) is 5.95. The number of aryl methyl sites for hydroxylation is 2. The first kappa shape index (κ1) is 12.4. The Hall–Kier alpha value is -2.03. The van der Waals surface area contributed by atoms with E-state index in [2.05, 4.69) is 31.0 Å². The highest BCUT2D eigenvalue weighted by Crippen LogP contribution is 2.21. The van der Waals surface area contributed by atoms with E-state index < -0.39 is 0 Å². The van der Waals surface area contributed by atoms with E-state index in [1.165, 1.54) is 11.1 Å². The normalized spacial score (nSPS) is 10.8. The number of aliphatic imine (C=N–C) groups is 1. The van der Waals surface area contributed by atoms with Gasteiger partial charge in [0.15, 0.2) is 0 Å². The van der Waals surface area contributed by atoms with Crippen molar-refractivity contribution in [1.82, 2.24) is 0 Å². The average molecular weight is 237 g/mol. The van der Waals surface area contributed by atoms with E-state index in [0.29, 0.717) is 0 Å². The molecule has 0 spiro atoms. The van der Waals surface area contributed by atoms with Crippen LogP contribution in [0.3, 0.4) is 0 Å². The van der Waals surface area contributed by atoms with Crippen molar-refractivity contribution in [3.05, 3.63) is 59.2 Å². The van der Waals surface area contributed by atoms with Crippen molar-refractivity contribution in [2.75, 3.05) is 0 Å². The number of para-hydroxylation sites is 1. The van der Waals surface area contributed by atoms with Gasteiger partial charge in [0.25, 0.3) is 0 Å². The molecule has 0 atom stereocenters. The van der Waals surface area contributed by atoms with Gasteiger partial charge in [0, 0.05) is 11.8 Å². The molecule has 0 saturated carbocycles. The predicted octanol–water partition coefficient (Wildman–Crippen LogP) is 2.98. The van der Waals surface area contributed by atoms with Gasteiger partial charge in [-0.3, -0.25) is 4.99 Å². The van der Waals surface area contributed by atoms with Crippen LogP contribution in [0.25, 0.3) is 0 Å². The Bertz CT molecular complexity index is 578. The molecule has 0 radical (unpaired) electrons. The lowest BCUT2D eigenvalue weighted by atomic mass is 10.1. The van der Waals surface area contributed by atoms with Crippen LogP contribution in [0, 0.1) is 13.8 Å². The fraction of sp³-hybridized carbons (Fsp3) is 0.133. The van der Waals surface area contributed by atoms with Gasteiger partial charge < -0.3 is 4.65 Å². The zero-order chi connectivity index (χ0) is 13.0. The molecule has 90 valence electrons. The Morgan fingerprint density at radius 3 is 2.61 bits per heavy atom. The van der Waals surface area contributed by atoms with Crippen LogP contribution in [0.15, 0.2) is 47.5 Å². The molecule has 0 fully saturated rings. The molecule has 2 nitrogen and oxygen atoms in total. The van der Waals surface area contributed by atoms with Gasteiger partial charge in [0.2, 0.25) is 0 Å². The summed E-state index contributed by atoms with van der Waals surface area (Å²) in [6.07, 6.45) is 1.84. The van der Waals surface area contributed by atoms with E-state index in [4.69, 9.17) is 4.65 Å². The van der Waals surface area contributed by atoms with Crippen LogP contribution in [0.1, 0.15) is 16.7 Å². The third-order valence-electron chi connectivity index (χ3n) is 2.83. The summed E-state index contributed by atoms with van der Waals surface area (Å²) in [5, 5.41) is 0. The van der Waals surface area contributed by atoms with Crippen LogP contribution in [0.5, 0.6) is 5.75 Å². The third-order valence-corrected chi connectivity index (χ3v) is 2.83. The van der Waals surface area contributed by atoms with Crippen LogP contribution in [-0.2, 0) is 0 Å². The van der Waals surface area contributed by atoms with Gasteiger partial charge >= 0.3 is 8.05 Å². The van der Waals surface area contributed by atoms with Gasteiger partial charge in [-0.1, -0.05) is 29.8 Å². The quantitative estimate of drug-likeness (QED) is 0.594. The molecule has 0 aliphatic heterocycles. The predicted molar refractivity (Wildman–Crippen MR) is 78.8 cm³/mol. The fourth-order valence-corrected chi connectivity index (χ4v) is 1.86. The molecule has 0 aromatic heterocycles. The van der Waals surface area contributed by atoms with Gasteiger partial charge in [-0.15, -0.1) is 0 Å². The molecular weight excluding hydrogens is 221 g/mol. The van der Waals surface area contributed by atoms with E-state index in [1.54, 1.807) is 8.05 Å². The molecular formula is C15H16BNO. The molecule has 0 N–H and O–H groups in total. The topological polar surface area (TPSA) is 21.6 Å². The van der Waals surface area contributed by atoms with Crippen molar-refractivity contribution in [2.45, 2.75) is 13.8 Å². The number of benzene rings is 2. The van der Waals surface area contributed by atoms with Gasteiger partial charge in [-0.25, -0.2) is 0 Å². The van der Waals surface area contributed by atoms with Crippen LogP contribution in [0.2, 0.25) is 0 Å². The van der Waals surface area contributed by atoms with E-state index in [0.717, 1.165) is 17.0 Å². The van der Waals surface area contributed by atoms with Crippen LogP contribution < -0.4 is 4.65 Å². The van der Waals surface area contributed by atoms with Crippen LogP contribution in [0.4, 0.5) is 5.69 Å². The van der Waals surface area contributed by atoms with E-state index in [1.807, 2.05) is 36.5 Å². The summed E-state index contributed by atoms with van der Waals surface area (Å²) < 4.78 is 5.29. The summed E-state index contributed by atoms with van der Waals surface area (Å²) in [4.78, 5) is 4.52. The molecule has 3 heteroatoms. The average Bonchev–Trinajstić information content (AvgIpc) is 2.38. The zero-order valence-electron chi connectivity index (χ0n) is 11.0. The second kappa shape index (κ2) is 5.54. The molecule has 0 unspecified atom stereocenters. The molecule has 0 aliphatic rings. The van der Waals surface area contributed by atoms with Gasteiger partial charge in [0.05, 0.1) is 5.69 Å². The summed E-state index contributed by atoms with van der Waals surface area (Å²) in [7, 11) is 1.67. The molecule has 18 heavy (non-hydrogen) atoms. The summed E-state index contributed by atoms with van der Waals surface area (Å²) >= 11 is 0. The van der Waals surface area contributed by atoms with E-state index in [-0.39, 0.29) is 0 Å². The molecule has 2 aromatic rings. The van der Waals surface area contributed by atoms with E-state index >= 15 is 0 Å². The summed E-state index contributed by atoms with van der Waals surface area (Å²) in [6.45, 7) is 4.16. The van der Waals surface area contributed by atoms with E-state index in [9.17, 15) is 0 Å². The van der Waals surface area contributed by atoms with Crippen molar-refractivity contribution < 1.29 is 4.65 Å². The second-order valence-electron chi connectivity index (χ2n) is 4.29. The number of hydrogen-bond donors (Lipinski definition) is 0. The monoisotopic (exact) mass is 237 g/mol. The first-order valence-electron chi connectivity index (χ1n) is 5.95. The Morgan fingerprint density at radius 2 is 1.89 bits per heavy atom. The van der Waals surface area contributed by atoms with Crippen LogP contribution in [-0.4, -0.2) is 14.3 Å². The van der Waals surface area contributed by atoms with Crippen molar-refractivity contribution in [1.29, 1.82) is 0 Å². The Morgan fingerprint density at radius 1 is 1.11 bits per heavy atom. The standard InChI is InChI=1S/C15H16BNO/c1-11-7-8-14(12(2)9-11)17-10-13-5-3-4-6-15(13)18-16/h3-10H,16H2,1-2H3/b17-10+. The lowest BCUT2D eigenvalue weighted by Crippen LogP contribution is -1.91. The molecule has 2 rings (SSSR count). The minimum Gasteiger partial charge on any atom is -0.567 e. The van der Waals surface area contributed by atoms with Crippen molar-refractivity contribution in [3.63, 3.8) is 0 Å². The number of hydrogen-bond acceptors (Lipinski definition) is 2. The summed E-state index contributed by atoms with van der Waals surface area (Å²) in [5.41, 5.74) is 4.41. The zero-order valence-corrected chi connectivity index (χ0v) is 11.0. The van der Waals surface area contributed by atoms with Crippen LogP contribution >= 0.6 is 0 Å². The molecule has 0 amide bonds. The largest absolute Gasteiger partial charge is 0.567 e. The SMILES string of the molecule is BOc1ccccc1/C=N/c1ccc(C)cc1C. The first-order chi connectivity index (χ1) is 8.70. The third kappa shape index (κ3) is 2.80. The highest BCUT2D eigenvalue weighted by molar-refractivity contribution is 6.01. The van der Waals surface area contributed by atoms with Crippen molar-refractivity contribution in [2.24, 2.45) is 4.99 Å². The number of rotatable bonds is 3. The van der Waals surface area contributed by atoms with Crippen molar-refractivity contribution >= 4 is 20.0 Å². The fourth-order valence-electron chi connectivity index (χ4n) is 1.86. The molecule has 2 aromatic carbocycles. The Kier molecular flexibility index (Phi) is 3.83. The molecule has 0 aliphatic carbocycles. The number of nitrogens with zero attached hydrogens (tertiary/aromatic N) is 1. The molecule has 0 heterocycles. The summed E-state index contributed by atoms with van der Waals surface area (Å²) in [5.74, 6) is 0.839. The van der Waals surface area contributed by atoms with Crippen molar-refractivity contribution in [3.8, 4) is 5.75 Å². The Labute approximate surface area is 109 Å². The van der Waals surface area contributed by atoms with Gasteiger partial charge in [-0.05, 0) is 37.6 Å². The summed E-state index contributed by atoms with van der Waals surface area (Å²) in [6, 6.07) is 14.1. The highest BCUT2D eigenvalue weighted by atomic mass is 16.4. The maximum absolute atomic E-state index is 5.29. The minimum absolute atomic E-state index is 0.839. The maximum atomic E-state index is 5.29.